The number of nitriles is 1. The van der Waals surface area contributed by atoms with Crippen LogP contribution in [-0.2, 0) is 4.79 Å². The Labute approximate surface area is 156 Å². The van der Waals surface area contributed by atoms with E-state index in [4.69, 9.17) is 4.74 Å². The Morgan fingerprint density at radius 2 is 1.93 bits per heavy atom. The fraction of sp³-hybridized carbons (Fsp3) is 0.158. The lowest BCUT2D eigenvalue weighted by Gasteiger charge is -2.12. The number of hydrogen-bond donors (Lipinski definition) is 1. The third kappa shape index (κ3) is 4.83. The van der Waals surface area contributed by atoms with Crippen molar-refractivity contribution in [1.29, 1.82) is 5.26 Å². The number of hydrogen-bond acceptors (Lipinski definition) is 6. The molecule has 0 atom stereocenters. The van der Waals surface area contributed by atoms with Gasteiger partial charge in [0.2, 0.25) is 0 Å². The molecule has 0 radical (unpaired) electrons. The number of amides is 1. The Morgan fingerprint density at radius 3 is 2.44 bits per heavy atom. The number of nitro benzene ring substituents is 1. The first-order valence-electron chi connectivity index (χ1n) is 7.88. The summed E-state index contributed by atoms with van der Waals surface area (Å²) in [5.41, 5.74) is 1.43. The normalized spacial score (nSPS) is 10.7. The summed E-state index contributed by atoms with van der Waals surface area (Å²) in [6.45, 7) is 0. The van der Waals surface area contributed by atoms with E-state index in [1.165, 1.54) is 31.4 Å². The first kappa shape index (κ1) is 19.5. The molecule has 8 heteroatoms. The number of nitrogens with one attached hydrogen (secondary N) is 1. The van der Waals surface area contributed by atoms with Gasteiger partial charge in [-0.05, 0) is 29.8 Å². The Morgan fingerprint density at radius 1 is 1.26 bits per heavy atom. The SMILES string of the molecule is COc1ccc([N+](=O)[O-])cc1NC(=O)/C(C#N)=C/c1ccc(N(C)C)cc1. The highest BCUT2D eigenvalue weighted by Gasteiger charge is 2.16. The molecule has 2 aromatic carbocycles. The van der Waals surface area contributed by atoms with E-state index >= 15 is 0 Å². The highest BCUT2D eigenvalue weighted by Crippen LogP contribution is 2.29. The van der Waals surface area contributed by atoms with Gasteiger partial charge >= 0.3 is 0 Å². The van der Waals surface area contributed by atoms with Crippen LogP contribution in [0.15, 0.2) is 48.0 Å². The van der Waals surface area contributed by atoms with Gasteiger partial charge in [0.05, 0.1) is 17.7 Å². The number of anilines is 2. The van der Waals surface area contributed by atoms with E-state index in [1.54, 1.807) is 12.1 Å². The number of nitrogens with zero attached hydrogens (tertiary/aromatic N) is 3. The molecule has 27 heavy (non-hydrogen) atoms. The molecule has 1 amide bonds. The predicted molar refractivity (Wildman–Crippen MR) is 103 cm³/mol. The number of non-ortho nitro benzene ring substituents is 1. The molecule has 0 unspecified atom stereocenters. The first-order valence-corrected chi connectivity index (χ1v) is 7.88. The minimum absolute atomic E-state index is 0.112. The van der Waals surface area contributed by atoms with Crippen molar-refractivity contribution < 1.29 is 14.5 Å². The van der Waals surface area contributed by atoms with Crippen molar-refractivity contribution >= 4 is 29.0 Å². The van der Waals surface area contributed by atoms with Crippen molar-refractivity contribution in [2.45, 2.75) is 0 Å². The summed E-state index contributed by atoms with van der Waals surface area (Å²) in [5, 5.41) is 22.7. The summed E-state index contributed by atoms with van der Waals surface area (Å²) in [5.74, 6) is -0.436. The molecule has 8 nitrogen and oxygen atoms in total. The highest BCUT2D eigenvalue weighted by molar-refractivity contribution is 6.10. The van der Waals surface area contributed by atoms with E-state index in [1.807, 2.05) is 37.2 Å². The molecule has 2 rings (SSSR count). The lowest BCUT2D eigenvalue weighted by Crippen LogP contribution is -2.14. The van der Waals surface area contributed by atoms with Gasteiger partial charge in [-0.2, -0.15) is 5.26 Å². The maximum Gasteiger partial charge on any atom is 0.271 e. The maximum absolute atomic E-state index is 12.4. The molecular weight excluding hydrogens is 348 g/mol. The highest BCUT2D eigenvalue weighted by atomic mass is 16.6. The maximum atomic E-state index is 12.4. The molecular formula is C19H18N4O4. The zero-order valence-corrected chi connectivity index (χ0v) is 15.1. The second-order valence-corrected chi connectivity index (χ2v) is 5.75. The number of benzene rings is 2. The molecule has 138 valence electrons. The number of ether oxygens (including phenoxy) is 1. The molecule has 0 spiro atoms. The van der Waals surface area contributed by atoms with Crippen LogP contribution in [0, 0.1) is 21.4 Å². The molecule has 0 aromatic heterocycles. The lowest BCUT2D eigenvalue weighted by molar-refractivity contribution is -0.384. The van der Waals surface area contributed by atoms with Crippen LogP contribution in [0.25, 0.3) is 6.08 Å². The van der Waals surface area contributed by atoms with Crippen LogP contribution in [0.2, 0.25) is 0 Å². The van der Waals surface area contributed by atoms with Gasteiger partial charge < -0.3 is 15.0 Å². The molecule has 0 saturated carbocycles. The molecule has 0 heterocycles. The van der Waals surface area contributed by atoms with Gasteiger partial charge in [0.15, 0.2) is 0 Å². The number of methoxy groups -OCH3 is 1. The fourth-order valence-corrected chi connectivity index (χ4v) is 2.28. The molecule has 0 fully saturated rings. The molecule has 0 saturated heterocycles. The van der Waals surface area contributed by atoms with Gasteiger partial charge in [0.1, 0.15) is 17.4 Å². The number of carbonyl (C=O) groups excluding carboxylic acids is 1. The minimum Gasteiger partial charge on any atom is -0.495 e. The number of carbonyl (C=O) groups is 1. The van der Waals surface area contributed by atoms with Crippen molar-refractivity contribution in [2.75, 3.05) is 31.4 Å². The lowest BCUT2D eigenvalue weighted by atomic mass is 10.1. The zero-order chi connectivity index (χ0) is 20.0. The Balaban J connectivity index is 2.28. The Hall–Kier alpha value is -3.86. The average molecular weight is 366 g/mol. The summed E-state index contributed by atoms with van der Waals surface area (Å²) in [6.07, 6.45) is 1.44. The van der Waals surface area contributed by atoms with E-state index in [9.17, 15) is 20.2 Å². The second kappa shape index (κ2) is 8.49. The van der Waals surface area contributed by atoms with Crippen molar-refractivity contribution in [1.82, 2.24) is 0 Å². The molecule has 2 aromatic rings. The van der Waals surface area contributed by atoms with Crippen LogP contribution in [0.5, 0.6) is 5.75 Å². The van der Waals surface area contributed by atoms with E-state index < -0.39 is 10.8 Å². The third-order valence-electron chi connectivity index (χ3n) is 3.73. The summed E-state index contributed by atoms with van der Waals surface area (Å²) >= 11 is 0. The fourth-order valence-electron chi connectivity index (χ4n) is 2.28. The first-order chi connectivity index (χ1) is 12.8. The van der Waals surface area contributed by atoms with Gasteiger partial charge in [0, 0.05) is 31.9 Å². The summed E-state index contributed by atoms with van der Waals surface area (Å²) in [6, 6.07) is 13.0. The standard InChI is InChI=1S/C19H18N4O4/c1-22(2)15-6-4-13(5-7-15)10-14(12-20)19(24)21-17-11-16(23(25)26)8-9-18(17)27-3/h4-11H,1-3H3,(H,21,24)/b14-10+. The molecule has 1 N–H and O–H groups in total. The molecule has 0 aliphatic heterocycles. The van der Waals surface area contributed by atoms with Crippen LogP contribution in [0.4, 0.5) is 17.1 Å². The van der Waals surface area contributed by atoms with Gasteiger partial charge in [-0.25, -0.2) is 0 Å². The molecule has 0 aliphatic carbocycles. The van der Waals surface area contributed by atoms with Crippen LogP contribution < -0.4 is 15.0 Å². The summed E-state index contributed by atoms with van der Waals surface area (Å²) < 4.78 is 5.10. The van der Waals surface area contributed by atoms with Gasteiger partial charge in [-0.1, -0.05) is 12.1 Å². The van der Waals surface area contributed by atoms with Crippen molar-refractivity contribution in [2.24, 2.45) is 0 Å². The number of rotatable bonds is 6. The predicted octanol–water partition coefficient (Wildman–Crippen LogP) is 3.22. The van der Waals surface area contributed by atoms with E-state index in [-0.39, 0.29) is 22.7 Å². The average Bonchev–Trinajstić information content (AvgIpc) is 2.66. The zero-order valence-electron chi connectivity index (χ0n) is 15.1. The molecule has 0 aliphatic rings. The van der Waals surface area contributed by atoms with E-state index in [2.05, 4.69) is 5.32 Å². The van der Waals surface area contributed by atoms with E-state index in [0.29, 0.717) is 5.56 Å². The van der Waals surface area contributed by atoms with Gasteiger partial charge in [0.25, 0.3) is 11.6 Å². The summed E-state index contributed by atoms with van der Waals surface area (Å²) in [4.78, 5) is 24.7. The van der Waals surface area contributed by atoms with Crippen molar-refractivity contribution in [3.63, 3.8) is 0 Å². The quantitative estimate of drug-likeness (QED) is 0.364. The summed E-state index contributed by atoms with van der Waals surface area (Å²) in [7, 11) is 5.20. The third-order valence-corrected chi connectivity index (χ3v) is 3.73. The van der Waals surface area contributed by atoms with Crippen LogP contribution in [-0.4, -0.2) is 32.0 Å². The largest absolute Gasteiger partial charge is 0.495 e. The van der Waals surface area contributed by atoms with E-state index in [0.717, 1.165) is 5.69 Å². The molecule has 0 bridgehead atoms. The van der Waals surface area contributed by atoms with Crippen molar-refractivity contribution in [3.8, 4) is 11.8 Å². The number of nitro groups is 1. The Kier molecular flexibility index (Phi) is 6.12. The van der Waals surface area contributed by atoms with Crippen LogP contribution in [0.1, 0.15) is 5.56 Å². The smallest absolute Gasteiger partial charge is 0.271 e. The topological polar surface area (TPSA) is 108 Å². The Bertz CT molecular complexity index is 928. The van der Waals surface area contributed by atoms with Gasteiger partial charge in [-0.3, -0.25) is 14.9 Å². The monoisotopic (exact) mass is 366 g/mol. The minimum atomic E-state index is -0.687. The van der Waals surface area contributed by atoms with Gasteiger partial charge in [-0.15, -0.1) is 0 Å². The van der Waals surface area contributed by atoms with Crippen LogP contribution >= 0.6 is 0 Å². The van der Waals surface area contributed by atoms with Crippen LogP contribution in [0.3, 0.4) is 0 Å². The second-order valence-electron chi connectivity index (χ2n) is 5.75. The van der Waals surface area contributed by atoms with Crippen molar-refractivity contribution in [3.05, 3.63) is 63.7 Å².